The van der Waals surface area contributed by atoms with Crippen molar-refractivity contribution in [2.45, 2.75) is 19.9 Å². The fourth-order valence-electron chi connectivity index (χ4n) is 2.70. The molecule has 6 heteroatoms. The van der Waals surface area contributed by atoms with E-state index in [-0.39, 0.29) is 17.9 Å². The molecule has 1 atom stereocenters. The van der Waals surface area contributed by atoms with Gasteiger partial charge in [-0.05, 0) is 69.4 Å². The summed E-state index contributed by atoms with van der Waals surface area (Å²) in [5.41, 5.74) is 2.45. The second-order valence-electron chi connectivity index (χ2n) is 6.28. The first-order valence-electron chi connectivity index (χ1n) is 8.61. The zero-order chi connectivity index (χ0) is 19.1. The molecule has 140 valence electrons. The second kappa shape index (κ2) is 9.20. The highest BCUT2D eigenvalue weighted by Gasteiger charge is 2.16. The van der Waals surface area contributed by atoms with Gasteiger partial charge in [-0.15, -0.1) is 0 Å². The zero-order valence-electron chi connectivity index (χ0n) is 15.7. The van der Waals surface area contributed by atoms with Crippen LogP contribution in [0.5, 0.6) is 5.75 Å². The third kappa shape index (κ3) is 5.46. The lowest BCUT2D eigenvalue weighted by Gasteiger charge is -2.25. The summed E-state index contributed by atoms with van der Waals surface area (Å²) in [6, 6.07) is 11.5. The second-order valence-corrected chi connectivity index (χ2v) is 6.28. The summed E-state index contributed by atoms with van der Waals surface area (Å²) in [7, 11) is 3.79. The summed E-state index contributed by atoms with van der Waals surface area (Å²) in [5, 5.41) is 5.69. The molecule has 2 rings (SSSR count). The van der Waals surface area contributed by atoms with Gasteiger partial charge in [0.1, 0.15) is 11.6 Å². The molecule has 2 aromatic rings. The van der Waals surface area contributed by atoms with E-state index in [2.05, 4.69) is 10.6 Å². The van der Waals surface area contributed by atoms with Crippen LogP contribution in [0.1, 0.15) is 24.1 Å². The Bertz CT molecular complexity index is 750. The van der Waals surface area contributed by atoms with Crippen molar-refractivity contribution in [2.75, 3.05) is 32.6 Å². The molecule has 0 spiro atoms. The number of benzene rings is 2. The Kier molecular flexibility index (Phi) is 6.97. The lowest BCUT2D eigenvalue weighted by molar-refractivity contribution is 0.243. The van der Waals surface area contributed by atoms with Crippen LogP contribution >= 0.6 is 0 Å². The van der Waals surface area contributed by atoms with Gasteiger partial charge in [-0.2, -0.15) is 0 Å². The molecule has 0 bridgehead atoms. The molecule has 5 nitrogen and oxygen atoms in total. The number of hydrogen-bond acceptors (Lipinski definition) is 3. The zero-order valence-corrected chi connectivity index (χ0v) is 15.7. The minimum Gasteiger partial charge on any atom is -0.494 e. The molecule has 1 unspecified atom stereocenters. The maximum Gasteiger partial charge on any atom is 0.319 e. The van der Waals surface area contributed by atoms with E-state index in [1.807, 2.05) is 57.1 Å². The molecular formula is C20H26FN3O2. The molecule has 0 aliphatic carbocycles. The normalized spacial score (nSPS) is 11.9. The molecule has 0 radical (unpaired) electrons. The molecule has 0 saturated carbocycles. The Labute approximate surface area is 154 Å². The number of urea groups is 1. The van der Waals surface area contributed by atoms with Gasteiger partial charge >= 0.3 is 6.03 Å². The van der Waals surface area contributed by atoms with E-state index in [1.165, 1.54) is 12.1 Å². The number of halogens is 1. The fraction of sp³-hybridized carbons (Fsp3) is 0.350. The van der Waals surface area contributed by atoms with Crippen molar-refractivity contribution in [2.24, 2.45) is 0 Å². The van der Waals surface area contributed by atoms with Crippen LogP contribution in [0, 0.1) is 12.7 Å². The van der Waals surface area contributed by atoms with E-state index in [4.69, 9.17) is 4.74 Å². The number of likely N-dealkylation sites (N-methyl/N-ethyl adjacent to an activating group) is 1. The SMILES string of the molecule is CCOc1ccc(NC(=O)NCC(c2cccc(F)c2)N(C)C)c(C)c1. The highest BCUT2D eigenvalue weighted by Crippen LogP contribution is 2.22. The summed E-state index contributed by atoms with van der Waals surface area (Å²) in [6.45, 7) is 4.79. The van der Waals surface area contributed by atoms with Gasteiger partial charge in [-0.3, -0.25) is 0 Å². The van der Waals surface area contributed by atoms with Gasteiger partial charge in [-0.1, -0.05) is 12.1 Å². The number of anilines is 1. The molecule has 0 heterocycles. The van der Waals surface area contributed by atoms with Crippen LogP contribution in [0.15, 0.2) is 42.5 Å². The summed E-state index contributed by atoms with van der Waals surface area (Å²) in [6.07, 6.45) is 0. The predicted octanol–water partition coefficient (Wildman–Crippen LogP) is 3.96. The van der Waals surface area contributed by atoms with Crippen LogP contribution in [0.2, 0.25) is 0 Å². The van der Waals surface area contributed by atoms with Gasteiger partial charge < -0.3 is 20.3 Å². The Morgan fingerprint density at radius 3 is 2.62 bits per heavy atom. The number of rotatable bonds is 7. The fourth-order valence-corrected chi connectivity index (χ4v) is 2.70. The maximum atomic E-state index is 13.5. The van der Waals surface area contributed by atoms with Gasteiger partial charge in [0.25, 0.3) is 0 Å². The van der Waals surface area contributed by atoms with Crippen LogP contribution in [-0.4, -0.2) is 38.2 Å². The minimum atomic E-state index is -0.305. The topological polar surface area (TPSA) is 53.6 Å². The number of hydrogen-bond donors (Lipinski definition) is 2. The lowest BCUT2D eigenvalue weighted by Crippen LogP contribution is -2.37. The summed E-state index contributed by atoms with van der Waals surface area (Å²) >= 11 is 0. The molecular weight excluding hydrogens is 333 g/mol. The average Bonchev–Trinajstić information content (AvgIpc) is 2.57. The van der Waals surface area contributed by atoms with Gasteiger partial charge in [-0.25, -0.2) is 9.18 Å². The third-order valence-electron chi connectivity index (χ3n) is 4.07. The Balaban J connectivity index is 1.98. The van der Waals surface area contributed by atoms with Crippen LogP contribution < -0.4 is 15.4 Å². The Morgan fingerprint density at radius 2 is 2.00 bits per heavy atom. The highest BCUT2D eigenvalue weighted by atomic mass is 19.1. The quantitative estimate of drug-likeness (QED) is 0.787. The van der Waals surface area contributed by atoms with Crippen molar-refractivity contribution in [3.05, 3.63) is 59.4 Å². The van der Waals surface area contributed by atoms with Gasteiger partial charge in [0, 0.05) is 12.2 Å². The van der Waals surface area contributed by atoms with Crippen molar-refractivity contribution in [1.82, 2.24) is 10.2 Å². The monoisotopic (exact) mass is 359 g/mol. The molecule has 0 saturated heterocycles. The number of carbonyl (C=O) groups is 1. The van der Waals surface area contributed by atoms with Gasteiger partial charge in [0.05, 0.1) is 12.6 Å². The molecule has 0 fully saturated rings. The van der Waals surface area contributed by atoms with E-state index in [1.54, 1.807) is 6.07 Å². The summed E-state index contributed by atoms with van der Waals surface area (Å²) in [5.74, 6) is 0.485. The molecule has 0 aliphatic rings. The minimum absolute atomic E-state index is 0.127. The predicted molar refractivity (Wildman–Crippen MR) is 102 cm³/mol. The van der Waals surface area contributed by atoms with Crippen molar-refractivity contribution < 1.29 is 13.9 Å². The first-order valence-corrected chi connectivity index (χ1v) is 8.61. The van der Waals surface area contributed by atoms with Crippen LogP contribution in [0.25, 0.3) is 0 Å². The molecule has 2 aromatic carbocycles. The smallest absolute Gasteiger partial charge is 0.319 e. The van der Waals surface area contributed by atoms with E-state index in [0.29, 0.717) is 13.2 Å². The molecule has 2 amide bonds. The first kappa shape index (κ1) is 19.7. The number of carbonyl (C=O) groups excluding carboxylic acids is 1. The van der Waals surface area contributed by atoms with Crippen LogP contribution in [0.3, 0.4) is 0 Å². The molecule has 0 aromatic heterocycles. The third-order valence-corrected chi connectivity index (χ3v) is 4.07. The molecule has 0 aliphatic heterocycles. The number of ether oxygens (including phenoxy) is 1. The number of aryl methyl sites for hydroxylation is 1. The first-order chi connectivity index (χ1) is 12.4. The van der Waals surface area contributed by atoms with Crippen molar-refractivity contribution in [3.63, 3.8) is 0 Å². The van der Waals surface area contributed by atoms with E-state index in [9.17, 15) is 9.18 Å². The number of nitrogens with zero attached hydrogens (tertiary/aromatic N) is 1. The van der Waals surface area contributed by atoms with Crippen molar-refractivity contribution >= 4 is 11.7 Å². The van der Waals surface area contributed by atoms with Gasteiger partial charge in [0.2, 0.25) is 0 Å². The standard InChI is InChI=1S/C20H26FN3O2/c1-5-26-17-9-10-18(14(2)11-17)23-20(25)22-13-19(24(3)4)15-7-6-8-16(21)12-15/h6-12,19H,5,13H2,1-4H3,(H2,22,23,25). The summed E-state index contributed by atoms with van der Waals surface area (Å²) < 4.78 is 18.9. The summed E-state index contributed by atoms with van der Waals surface area (Å²) in [4.78, 5) is 14.2. The molecule has 26 heavy (non-hydrogen) atoms. The van der Waals surface area contributed by atoms with E-state index >= 15 is 0 Å². The van der Waals surface area contributed by atoms with Crippen molar-refractivity contribution in [1.29, 1.82) is 0 Å². The maximum absolute atomic E-state index is 13.5. The number of amides is 2. The van der Waals surface area contributed by atoms with Gasteiger partial charge in [0.15, 0.2) is 0 Å². The van der Waals surface area contributed by atoms with Crippen LogP contribution in [0.4, 0.5) is 14.9 Å². The van der Waals surface area contributed by atoms with E-state index < -0.39 is 0 Å². The Hall–Kier alpha value is -2.60. The average molecular weight is 359 g/mol. The Morgan fingerprint density at radius 1 is 1.23 bits per heavy atom. The number of nitrogens with one attached hydrogen (secondary N) is 2. The lowest BCUT2D eigenvalue weighted by atomic mass is 10.1. The highest BCUT2D eigenvalue weighted by molar-refractivity contribution is 5.90. The van der Waals surface area contributed by atoms with E-state index in [0.717, 1.165) is 22.6 Å². The molecule has 2 N–H and O–H groups in total. The van der Waals surface area contributed by atoms with Crippen LogP contribution in [-0.2, 0) is 0 Å². The largest absolute Gasteiger partial charge is 0.494 e. The van der Waals surface area contributed by atoms with Crippen molar-refractivity contribution in [3.8, 4) is 5.75 Å².